The standard InChI is InChI=1S/C11H7F3N2O3S/c1-4-2-3-15-8-5(4)6(7(20-8)9(17)18)16-10(19)11(12,13)14/h2-3H,1H3,(H,16,19)(H,17,18). The van der Waals surface area contributed by atoms with Crippen molar-refractivity contribution in [1.82, 2.24) is 4.98 Å². The van der Waals surface area contributed by atoms with Gasteiger partial charge in [0.15, 0.2) is 0 Å². The van der Waals surface area contributed by atoms with E-state index in [1.807, 2.05) is 0 Å². The SMILES string of the molecule is Cc1ccnc2sc(C(=O)O)c(NC(=O)C(F)(F)F)c12. The van der Waals surface area contributed by atoms with Crippen molar-refractivity contribution in [3.05, 3.63) is 22.7 Å². The molecule has 2 N–H and O–H groups in total. The third-order valence-corrected chi connectivity index (χ3v) is 3.58. The summed E-state index contributed by atoms with van der Waals surface area (Å²) in [6, 6.07) is 1.52. The number of rotatable bonds is 2. The highest BCUT2D eigenvalue weighted by Crippen LogP contribution is 2.37. The second-order valence-corrected chi connectivity index (χ2v) is 4.87. The Morgan fingerprint density at radius 1 is 1.40 bits per heavy atom. The van der Waals surface area contributed by atoms with E-state index < -0.39 is 18.1 Å². The van der Waals surface area contributed by atoms with Crippen LogP contribution >= 0.6 is 11.3 Å². The second kappa shape index (κ2) is 4.75. The molecule has 2 aromatic rings. The van der Waals surface area contributed by atoms with Crippen LogP contribution in [0, 0.1) is 6.92 Å². The minimum atomic E-state index is -5.10. The molecule has 0 aliphatic heterocycles. The number of aromatic carboxylic acids is 1. The molecule has 2 aromatic heterocycles. The Hall–Kier alpha value is -2.16. The maximum absolute atomic E-state index is 12.3. The summed E-state index contributed by atoms with van der Waals surface area (Å²) in [6.07, 6.45) is -3.69. The van der Waals surface area contributed by atoms with Crippen LogP contribution in [0.25, 0.3) is 10.2 Å². The lowest BCUT2D eigenvalue weighted by Gasteiger charge is -2.08. The number of thiophene rings is 1. The average Bonchev–Trinajstić information content (AvgIpc) is 2.68. The number of carbonyl (C=O) groups is 2. The van der Waals surface area contributed by atoms with Crippen molar-refractivity contribution in [3.63, 3.8) is 0 Å². The van der Waals surface area contributed by atoms with Gasteiger partial charge in [-0.15, -0.1) is 11.3 Å². The molecule has 1 amide bonds. The van der Waals surface area contributed by atoms with Gasteiger partial charge in [0, 0.05) is 11.6 Å². The van der Waals surface area contributed by atoms with Gasteiger partial charge in [0.25, 0.3) is 0 Å². The highest BCUT2D eigenvalue weighted by atomic mass is 32.1. The van der Waals surface area contributed by atoms with Crippen LogP contribution in [0.15, 0.2) is 12.3 Å². The summed E-state index contributed by atoms with van der Waals surface area (Å²) in [5, 5.41) is 10.8. The van der Waals surface area contributed by atoms with Crippen LogP contribution in [-0.4, -0.2) is 28.1 Å². The smallest absolute Gasteiger partial charge is 0.471 e. The second-order valence-electron chi connectivity index (χ2n) is 3.87. The molecule has 0 atom stereocenters. The van der Waals surface area contributed by atoms with E-state index in [9.17, 15) is 22.8 Å². The van der Waals surface area contributed by atoms with Crippen LogP contribution in [0.1, 0.15) is 15.2 Å². The molecular weight excluding hydrogens is 297 g/mol. The van der Waals surface area contributed by atoms with Gasteiger partial charge in [0.1, 0.15) is 9.71 Å². The fourth-order valence-corrected chi connectivity index (χ4v) is 2.64. The Kier molecular flexibility index (Phi) is 3.38. The average molecular weight is 304 g/mol. The molecule has 0 saturated carbocycles. The fourth-order valence-electron chi connectivity index (χ4n) is 1.63. The maximum atomic E-state index is 12.3. The van der Waals surface area contributed by atoms with Gasteiger partial charge < -0.3 is 10.4 Å². The van der Waals surface area contributed by atoms with Crippen LogP contribution in [0.3, 0.4) is 0 Å². The number of nitrogens with one attached hydrogen (secondary N) is 1. The van der Waals surface area contributed by atoms with Crippen LogP contribution in [0.4, 0.5) is 18.9 Å². The largest absolute Gasteiger partial charge is 0.477 e. The third kappa shape index (κ3) is 2.44. The summed E-state index contributed by atoms with van der Waals surface area (Å²) >= 11 is 0.706. The summed E-state index contributed by atoms with van der Waals surface area (Å²) in [6.45, 7) is 1.59. The number of alkyl halides is 3. The first-order valence-electron chi connectivity index (χ1n) is 5.21. The number of hydrogen-bond acceptors (Lipinski definition) is 4. The van der Waals surface area contributed by atoms with E-state index in [0.29, 0.717) is 16.9 Å². The zero-order chi connectivity index (χ0) is 15.1. The molecule has 0 fully saturated rings. The maximum Gasteiger partial charge on any atom is 0.471 e. The Labute approximate surface area is 114 Å². The molecular formula is C11H7F3N2O3S. The van der Waals surface area contributed by atoms with E-state index in [1.165, 1.54) is 12.3 Å². The molecule has 106 valence electrons. The quantitative estimate of drug-likeness (QED) is 0.894. The molecule has 2 heterocycles. The Morgan fingerprint density at radius 3 is 2.60 bits per heavy atom. The van der Waals surface area contributed by atoms with Gasteiger partial charge in [-0.3, -0.25) is 4.79 Å². The molecule has 0 bridgehead atoms. The first kappa shape index (κ1) is 14.3. The minimum absolute atomic E-state index is 0.201. The highest BCUT2D eigenvalue weighted by Gasteiger charge is 2.40. The van der Waals surface area contributed by atoms with E-state index in [1.54, 1.807) is 12.2 Å². The van der Waals surface area contributed by atoms with Crippen molar-refractivity contribution in [3.8, 4) is 0 Å². The number of carbonyl (C=O) groups excluding carboxylic acids is 1. The van der Waals surface area contributed by atoms with Crippen molar-refractivity contribution in [2.75, 3.05) is 5.32 Å². The molecule has 0 spiro atoms. The topological polar surface area (TPSA) is 79.3 Å². The number of carboxylic acids is 1. The number of hydrogen-bond donors (Lipinski definition) is 2. The van der Waals surface area contributed by atoms with Crippen molar-refractivity contribution >= 4 is 39.1 Å². The fraction of sp³-hybridized carbons (Fsp3) is 0.182. The summed E-state index contributed by atoms with van der Waals surface area (Å²) in [5.41, 5.74) is 0.154. The summed E-state index contributed by atoms with van der Waals surface area (Å²) in [7, 11) is 0. The van der Waals surface area contributed by atoms with Gasteiger partial charge in [0.05, 0.1) is 5.69 Å². The van der Waals surface area contributed by atoms with Gasteiger partial charge in [-0.2, -0.15) is 13.2 Å². The van der Waals surface area contributed by atoms with E-state index in [2.05, 4.69) is 4.98 Å². The van der Waals surface area contributed by atoms with E-state index in [4.69, 9.17) is 5.11 Å². The predicted molar refractivity (Wildman–Crippen MR) is 66.0 cm³/mol. The van der Waals surface area contributed by atoms with Gasteiger partial charge in [-0.05, 0) is 18.6 Å². The van der Waals surface area contributed by atoms with Gasteiger partial charge in [-0.25, -0.2) is 9.78 Å². The first-order valence-corrected chi connectivity index (χ1v) is 6.03. The first-order chi connectivity index (χ1) is 9.21. The Bertz CT molecular complexity index is 709. The molecule has 0 unspecified atom stereocenters. The Morgan fingerprint density at radius 2 is 2.05 bits per heavy atom. The predicted octanol–water partition coefficient (Wildman–Crippen LogP) is 2.80. The molecule has 0 aliphatic rings. The highest BCUT2D eigenvalue weighted by molar-refractivity contribution is 7.21. The molecule has 0 saturated heterocycles. The van der Waals surface area contributed by atoms with E-state index in [0.717, 1.165) is 0 Å². The lowest BCUT2D eigenvalue weighted by atomic mass is 10.1. The number of anilines is 1. The number of aromatic nitrogens is 1. The molecule has 9 heteroatoms. The minimum Gasteiger partial charge on any atom is -0.477 e. The van der Waals surface area contributed by atoms with Gasteiger partial charge in [-0.1, -0.05) is 0 Å². The summed E-state index contributed by atoms with van der Waals surface area (Å²) in [5.74, 6) is -3.65. The van der Waals surface area contributed by atoms with Crippen molar-refractivity contribution < 1.29 is 27.9 Å². The van der Waals surface area contributed by atoms with Gasteiger partial charge in [0.2, 0.25) is 0 Å². The van der Waals surface area contributed by atoms with Crippen LogP contribution in [0.2, 0.25) is 0 Å². The number of pyridine rings is 1. The lowest BCUT2D eigenvalue weighted by Crippen LogP contribution is -2.30. The number of nitrogens with zero attached hydrogens (tertiary/aromatic N) is 1. The van der Waals surface area contributed by atoms with Crippen LogP contribution < -0.4 is 5.32 Å². The third-order valence-electron chi connectivity index (χ3n) is 2.49. The van der Waals surface area contributed by atoms with Crippen molar-refractivity contribution in [2.45, 2.75) is 13.1 Å². The Balaban J connectivity index is 2.63. The number of amides is 1. The van der Waals surface area contributed by atoms with Crippen LogP contribution in [0.5, 0.6) is 0 Å². The normalized spacial score (nSPS) is 11.6. The monoisotopic (exact) mass is 304 g/mol. The van der Waals surface area contributed by atoms with Gasteiger partial charge >= 0.3 is 18.1 Å². The summed E-state index contributed by atoms with van der Waals surface area (Å²) in [4.78, 5) is 25.9. The van der Waals surface area contributed by atoms with Crippen molar-refractivity contribution in [1.29, 1.82) is 0 Å². The molecule has 20 heavy (non-hydrogen) atoms. The van der Waals surface area contributed by atoms with Crippen LogP contribution in [-0.2, 0) is 4.79 Å². The molecule has 0 aliphatic carbocycles. The van der Waals surface area contributed by atoms with Crippen molar-refractivity contribution in [2.24, 2.45) is 0 Å². The molecule has 2 rings (SSSR count). The van der Waals surface area contributed by atoms with E-state index >= 15 is 0 Å². The molecule has 0 radical (unpaired) electrons. The number of halogens is 3. The van der Waals surface area contributed by atoms with E-state index in [-0.39, 0.29) is 20.8 Å². The number of carboxylic acid groups (broad SMARTS) is 1. The number of fused-ring (bicyclic) bond motifs is 1. The summed E-state index contributed by atoms with van der Waals surface area (Å²) < 4.78 is 36.9. The zero-order valence-electron chi connectivity index (χ0n) is 9.91. The molecule has 5 nitrogen and oxygen atoms in total. The lowest BCUT2D eigenvalue weighted by molar-refractivity contribution is -0.167. The number of aryl methyl sites for hydroxylation is 1. The molecule has 0 aromatic carbocycles. The zero-order valence-corrected chi connectivity index (χ0v) is 10.7.